The molecular formula is C13H10FN3O. The highest BCUT2D eigenvalue weighted by molar-refractivity contribution is 5.58. The van der Waals surface area contributed by atoms with Crippen LogP contribution in [0.4, 0.5) is 4.39 Å². The van der Waals surface area contributed by atoms with E-state index in [0.29, 0.717) is 17.4 Å². The molecule has 0 saturated carbocycles. The molecule has 90 valence electrons. The Morgan fingerprint density at radius 3 is 2.61 bits per heavy atom. The third kappa shape index (κ3) is 1.69. The summed E-state index contributed by atoms with van der Waals surface area (Å²) in [6, 6.07) is 11.6. The summed E-state index contributed by atoms with van der Waals surface area (Å²) in [5, 5.41) is 4.34. The molecule has 3 aromatic rings. The van der Waals surface area contributed by atoms with Crippen LogP contribution in [-0.4, -0.2) is 21.7 Å². The highest BCUT2D eigenvalue weighted by Crippen LogP contribution is 2.19. The molecule has 0 radical (unpaired) electrons. The highest BCUT2D eigenvalue weighted by atomic mass is 19.1. The second kappa shape index (κ2) is 4.10. The zero-order valence-corrected chi connectivity index (χ0v) is 9.67. The van der Waals surface area contributed by atoms with Gasteiger partial charge in [0.25, 0.3) is 0 Å². The van der Waals surface area contributed by atoms with Crippen LogP contribution < -0.4 is 4.74 Å². The lowest BCUT2D eigenvalue weighted by Crippen LogP contribution is -1.94. The van der Waals surface area contributed by atoms with Gasteiger partial charge in [0.05, 0.1) is 7.11 Å². The van der Waals surface area contributed by atoms with E-state index in [1.807, 2.05) is 12.1 Å². The molecule has 0 bridgehead atoms. The second-order valence-electron chi connectivity index (χ2n) is 3.78. The smallest absolute Gasteiger partial charge is 0.216 e. The first-order valence-corrected chi connectivity index (χ1v) is 5.43. The van der Waals surface area contributed by atoms with Gasteiger partial charge in [-0.25, -0.2) is 9.37 Å². The number of halogens is 1. The highest BCUT2D eigenvalue weighted by Gasteiger charge is 2.08. The van der Waals surface area contributed by atoms with Gasteiger partial charge in [-0.2, -0.15) is 4.52 Å². The van der Waals surface area contributed by atoms with E-state index in [1.54, 1.807) is 29.8 Å². The standard InChI is InChI=1S/C13H10FN3O/c1-18-12-4-2-3-11-15-13(16-17(11)12)9-5-7-10(14)8-6-9/h2-8H,1H3. The van der Waals surface area contributed by atoms with Crippen molar-refractivity contribution < 1.29 is 9.13 Å². The maximum Gasteiger partial charge on any atom is 0.216 e. The third-order valence-corrected chi connectivity index (χ3v) is 2.64. The fourth-order valence-electron chi connectivity index (χ4n) is 1.76. The molecular weight excluding hydrogens is 233 g/mol. The monoisotopic (exact) mass is 243 g/mol. The molecule has 0 saturated heterocycles. The predicted octanol–water partition coefficient (Wildman–Crippen LogP) is 2.54. The maximum absolute atomic E-state index is 12.9. The summed E-state index contributed by atoms with van der Waals surface area (Å²) >= 11 is 0. The molecule has 1 aromatic carbocycles. The average molecular weight is 243 g/mol. The Balaban J connectivity index is 2.16. The number of benzene rings is 1. The Morgan fingerprint density at radius 1 is 1.11 bits per heavy atom. The molecule has 0 aliphatic heterocycles. The molecule has 2 heterocycles. The lowest BCUT2D eigenvalue weighted by atomic mass is 10.2. The second-order valence-corrected chi connectivity index (χ2v) is 3.78. The van der Waals surface area contributed by atoms with Gasteiger partial charge < -0.3 is 4.74 Å². The lowest BCUT2D eigenvalue weighted by molar-refractivity contribution is 0.386. The molecule has 0 atom stereocenters. The topological polar surface area (TPSA) is 39.4 Å². The van der Waals surface area contributed by atoms with E-state index in [-0.39, 0.29) is 5.82 Å². The van der Waals surface area contributed by atoms with Gasteiger partial charge in [-0.1, -0.05) is 6.07 Å². The van der Waals surface area contributed by atoms with E-state index in [1.165, 1.54) is 12.1 Å². The van der Waals surface area contributed by atoms with Crippen molar-refractivity contribution >= 4 is 5.65 Å². The van der Waals surface area contributed by atoms with Crippen LogP contribution in [-0.2, 0) is 0 Å². The molecule has 0 spiro atoms. The van der Waals surface area contributed by atoms with Crippen molar-refractivity contribution in [3.63, 3.8) is 0 Å². The zero-order chi connectivity index (χ0) is 12.5. The Bertz CT molecular complexity index is 691. The van der Waals surface area contributed by atoms with Gasteiger partial charge in [0, 0.05) is 11.6 Å². The summed E-state index contributed by atoms with van der Waals surface area (Å²) in [6.07, 6.45) is 0. The van der Waals surface area contributed by atoms with Crippen LogP contribution in [0.3, 0.4) is 0 Å². The van der Waals surface area contributed by atoms with E-state index in [2.05, 4.69) is 10.1 Å². The average Bonchev–Trinajstić information content (AvgIpc) is 2.83. The first-order chi connectivity index (χ1) is 8.78. The number of aromatic nitrogens is 3. The van der Waals surface area contributed by atoms with Gasteiger partial charge in [-0.15, -0.1) is 5.10 Å². The first kappa shape index (κ1) is 10.7. The molecule has 0 N–H and O–H groups in total. The SMILES string of the molecule is COc1cccc2nc(-c3ccc(F)cc3)nn12. The summed E-state index contributed by atoms with van der Waals surface area (Å²) in [5.74, 6) is 0.868. The fourth-order valence-corrected chi connectivity index (χ4v) is 1.76. The van der Waals surface area contributed by atoms with E-state index >= 15 is 0 Å². The summed E-state index contributed by atoms with van der Waals surface area (Å²) in [5.41, 5.74) is 1.45. The number of ether oxygens (including phenoxy) is 1. The normalized spacial score (nSPS) is 10.8. The summed E-state index contributed by atoms with van der Waals surface area (Å²) in [6.45, 7) is 0. The molecule has 0 aliphatic rings. The number of fused-ring (bicyclic) bond motifs is 1. The number of rotatable bonds is 2. The zero-order valence-electron chi connectivity index (χ0n) is 9.67. The van der Waals surface area contributed by atoms with Crippen molar-refractivity contribution in [2.75, 3.05) is 7.11 Å². The quantitative estimate of drug-likeness (QED) is 0.694. The van der Waals surface area contributed by atoms with Crippen LogP contribution in [0.1, 0.15) is 0 Å². The maximum atomic E-state index is 12.9. The number of hydrogen-bond donors (Lipinski definition) is 0. The number of pyridine rings is 1. The van der Waals surface area contributed by atoms with Gasteiger partial charge >= 0.3 is 0 Å². The minimum absolute atomic E-state index is 0.278. The lowest BCUT2D eigenvalue weighted by Gasteiger charge is -1.99. The van der Waals surface area contributed by atoms with Crippen molar-refractivity contribution in [1.29, 1.82) is 0 Å². The summed E-state index contributed by atoms with van der Waals surface area (Å²) in [4.78, 5) is 4.37. The molecule has 0 aliphatic carbocycles. The third-order valence-electron chi connectivity index (χ3n) is 2.64. The van der Waals surface area contributed by atoms with Gasteiger partial charge in [-0.05, 0) is 30.3 Å². The molecule has 4 nitrogen and oxygen atoms in total. The molecule has 3 rings (SSSR count). The van der Waals surface area contributed by atoms with Crippen LogP contribution in [0.15, 0.2) is 42.5 Å². The molecule has 18 heavy (non-hydrogen) atoms. The van der Waals surface area contributed by atoms with Crippen LogP contribution in [0.5, 0.6) is 5.88 Å². The van der Waals surface area contributed by atoms with Crippen molar-refractivity contribution in [3.05, 3.63) is 48.3 Å². The molecule has 2 aromatic heterocycles. The van der Waals surface area contributed by atoms with Gasteiger partial charge in [0.1, 0.15) is 5.82 Å². The molecule has 5 heteroatoms. The van der Waals surface area contributed by atoms with Gasteiger partial charge in [0.2, 0.25) is 5.88 Å². The van der Waals surface area contributed by atoms with Gasteiger partial charge in [0.15, 0.2) is 11.5 Å². The van der Waals surface area contributed by atoms with Crippen molar-refractivity contribution in [3.8, 4) is 17.3 Å². The predicted molar refractivity (Wildman–Crippen MR) is 64.9 cm³/mol. The molecule has 0 unspecified atom stereocenters. The fraction of sp³-hybridized carbons (Fsp3) is 0.0769. The number of hydrogen-bond acceptors (Lipinski definition) is 3. The van der Waals surface area contributed by atoms with Crippen molar-refractivity contribution in [2.45, 2.75) is 0 Å². The van der Waals surface area contributed by atoms with E-state index in [9.17, 15) is 4.39 Å². The number of methoxy groups -OCH3 is 1. The van der Waals surface area contributed by atoms with Crippen LogP contribution >= 0.6 is 0 Å². The number of nitrogens with zero attached hydrogens (tertiary/aromatic N) is 3. The Morgan fingerprint density at radius 2 is 1.89 bits per heavy atom. The summed E-state index contributed by atoms with van der Waals surface area (Å²) in [7, 11) is 1.58. The van der Waals surface area contributed by atoms with Crippen molar-refractivity contribution in [1.82, 2.24) is 14.6 Å². The molecule has 0 fully saturated rings. The van der Waals surface area contributed by atoms with Crippen LogP contribution in [0.25, 0.3) is 17.0 Å². The van der Waals surface area contributed by atoms with E-state index in [0.717, 1.165) is 5.56 Å². The van der Waals surface area contributed by atoms with Crippen molar-refractivity contribution in [2.24, 2.45) is 0 Å². The minimum atomic E-state index is -0.278. The minimum Gasteiger partial charge on any atom is -0.481 e. The molecule has 0 amide bonds. The Hall–Kier alpha value is -2.43. The van der Waals surface area contributed by atoms with E-state index < -0.39 is 0 Å². The van der Waals surface area contributed by atoms with Crippen LogP contribution in [0.2, 0.25) is 0 Å². The van der Waals surface area contributed by atoms with E-state index in [4.69, 9.17) is 4.74 Å². The largest absolute Gasteiger partial charge is 0.481 e. The van der Waals surface area contributed by atoms with Crippen LogP contribution in [0, 0.1) is 5.82 Å². The summed E-state index contributed by atoms with van der Waals surface area (Å²) < 4.78 is 19.7. The van der Waals surface area contributed by atoms with Gasteiger partial charge in [-0.3, -0.25) is 0 Å². The Kier molecular flexibility index (Phi) is 2.44. The first-order valence-electron chi connectivity index (χ1n) is 5.43. The Labute approximate surface area is 103 Å².